The zero-order valence-electron chi connectivity index (χ0n) is 14.2. The van der Waals surface area contributed by atoms with E-state index in [0.717, 1.165) is 11.1 Å². The van der Waals surface area contributed by atoms with Crippen LogP contribution in [0.4, 0.5) is 5.69 Å². The predicted molar refractivity (Wildman–Crippen MR) is 106 cm³/mol. The highest BCUT2D eigenvalue weighted by Gasteiger charge is 2.11. The quantitative estimate of drug-likeness (QED) is 0.627. The molecule has 2 amide bonds. The van der Waals surface area contributed by atoms with Crippen molar-refractivity contribution in [3.05, 3.63) is 88.3 Å². The molecule has 27 heavy (non-hydrogen) atoms. The lowest BCUT2D eigenvalue weighted by atomic mass is 10.1. The van der Waals surface area contributed by atoms with Crippen molar-refractivity contribution in [2.24, 2.45) is 0 Å². The van der Waals surface area contributed by atoms with E-state index in [1.54, 1.807) is 18.2 Å². The average Bonchev–Trinajstić information content (AvgIpc) is 3.12. The van der Waals surface area contributed by atoms with Gasteiger partial charge in [0.05, 0.1) is 6.54 Å². The van der Waals surface area contributed by atoms with Crippen LogP contribution >= 0.6 is 15.9 Å². The highest BCUT2D eigenvalue weighted by Crippen LogP contribution is 2.14. The molecule has 0 saturated heterocycles. The summed E-state index contributed by atoms with van der Waals surface area (Å²) in [7, 11) is 0. The van der Waals surface area contributed by atoms with Crippen molar-refractivity contribution in [1.82, 2.24) is 5.32 Å². The topological polar surface area (TPSA) is 71.3 Å². The van der Waals surface area contributed by atoms with Gasteiger partial charge in [0.2, 0.25) is 5.91 Å². The Labute approximate surface area is 164 Å². The molecule has 0 aliphatic rings. The third-order valence-corrected chi connectivity index (χ3v) is 3.90. The number of nitrogens with one attached hydrogen (secondary N) is 2. The fourth-order valence-corrected chi connectivity index (χ4v) is 2.54. The largest absolute Gasteiger partial charge is 0.444 e. The molecule has 0 fully saturated rings. The molecule has 134 valence electrons. The van der Waals surface area contributed by atoms with Gasteiger partial charge in [0.15, 0.2) is 10.4 Å². The minimum absolute atomic E-state index is 0.132. The third-order valence-electron chi connectivity index (χ3n) is 3.48. The van der Waals surface area contributed by atoms with Crippen LogP contribution < -0.4 is 10.6 Å². The first kappa shape index (κ1) is 18.5. The van der Waals surface area contributed by atoms with E-state index < -0.39 is 5.91 Å². The standard InChI is InChI=1S/C21H15BrN2O3/c22-19-12-11-18(27-19)21(26)23-14-20(25)24-17-8-4-7-16(13-17)10-9-15-5-2-1-3-6-15/h1-8,11-13H,14H2,(H,23,26)(H,24,25). The maximum absolute atomic E-state index is 12.0. The smallest absolute Gasteiger partial charge is 0.287 e. The SMILES string of the molecule is O=C(CNC(=O)c1ccc(Br)o1)Nc1cccc(C#Cc2ccccc2)c1. The van der Waals surface area contributed by atoms with Crippen LogP contribution in [0.15, 0.2) is 75.8 Å². The van der Waals surface area contributed by atoms with Gasteiger partial charge in [0, 0.05) is 16.8 Å². The number of hydrogen-bond acceptors (Lipinski definition) is 3. The summed E-state index contributed by atoms with van der Waals surface area (Å²) in [5.74, 6) is 5.46. The van der Waals surface area contributed by atoms with Gasteiger partial charge in [0.25, 0.3) is 5.91 Å². The van der Waals surface area contributed by atoms with Gasteiger partial charge in [-0.05, 0) is 58.4 Å². The first-order chi connectivity index (χ1) is 13.1. The lowest BCUT2D eigenvalue weighted by molar-refractivity contribution is -0.115. The number of furan rings is 1. The number of anilines is 1. The Balaban J connectivity index is 1.57. The van der Waals surface area contributed by atoms with Gasteiger partial charge in [-0.3, -0.25) is 9.59 Å². The van der Waals surface area contributed by atoms with Crippen molar-refractivity contribution in [3.8, 4) is 11.8 Å². The molecule has 2 aromatic carbocycles. The van der Waals surface area contributed by atoms with E-state index in [-0.39, 0.29) is 18.2 Å². The molecule has 0 radical (unpaired) electrons. The summed E-state index contributed by atoms with van der Waals surface area (Å²) in [6, 6.07) is 20.0. The molecule has 6 heteroatoms. The van der Waals surface area contributed by atoms with Crippen LogP contribution in [0.2, 0.25) is 0 Å². The van der Waals surface area contributed by atoms with Crippen LogP contribution in [-0.4, -0.2) is 18.4 Å². The van der Waals surface area contributed by atoms with Crippen molar-refractivity contribution < 1.29 is 14.0 Å². The van der Waals surface area contributed by atoms with Crippen molar-refractivity contribution in [1.29, 1.82) is 0 Å². The van der Waals surface area contributed by atoms with E-state index in [2.05, 4.69) is 38.4 Å². The lowest BCUT2D eigenvalue weighted by Gasteiger charge is -2.06. The number of amides is 2. The number of carbonyl (C=O) groups is 2. The van der Waals surface area contributed by atoms with Crippen molar-refractivity contribution >= 4 is 33.4 Å². The first-order valence-electron chi connectivity index (χ1n) is 8.11. The van der Waals surface area contributed by atoms with Crippen LogP contribution in [0, 0.1) is 11.8 Å². The molecule has 0 bridgehead atoms. The van der Waals surface area contributed by atoms with E-state index in [1.165, 1.54) is 6.07 Å². The predicted octanol–water partition coefficient (Wildman–Crippen LogP) is 3.81. The summed E-state index contributed by atoms with van der Waals surface area (Å²) in [6.07, 6.45) is 0. The molecule has 0 spiro atoms. The third kappa shape index (κ3) is 5.59. The Kier molecular flexibility index (Phi) is 6.08. The molecule has 0 aliphatic carbocycles. The van der Waals surface area contributed by atoms with Gasteiger partial charge < -0.3 is 15.1 Å². The van der Waals surface area contributed by atoms with E-state index in [9.17, 15) is 9.59 Å². The van der Waals surface area contributed by atoms with Crippen molar-refractivity contribution in [2.75, 3.05) is 11.9 Å². The van der Waals surface area contributed by atoms with Crippen LogP contribution in [0.5, 0.6) is 0 Å². The second-order valence-electron chi connectivity index (χ2n) is 5.53. The van der Waals surface area contributed by atoms with E-state index >= 15 is 0 Å². The maximum atomic E-state index is 12.0. The molecule has 0 saturated carbocycles. The summed E-state index contributed by atoms with van der Waals surface area (Å²) >= 11 is 3.12. The summed E-state index contributed by atoms with van der Waals surface area (Å²) in [5, 5.41) is 5.23. The normalized spacial score (nSPS) is 9.81. The maximum Gasteiger partial charge on any atom is 0.287 e. The molecule has 0 unspecified atom stereocenters. The molecular formula is C21H15BrN2O3. The number of benzene rings is 2. The van der Waals surface area contributed by atoms with Gasteiger partial charge in [0.1, 0.15) is 0 Å². The fourth-order valence-electron chi connectivity index (χ4n) is 2.23. The average molecular weight is 423 g/mol. The Morgan fingerprint density at radius 3 is 2.41 bits per heavy atom. The van der Waals surface area contributed by atoms with Crippen LogP contribution in [0.25, 0.3) is 0 Å². The van der Waals surface area contributed by atoms with Gasteiger partial charge in [-0.15, -0.1) is 0 Å². The minimum atomic E-state index is -0.460. The lowest BCUT2D eigenvalue weighted by Crippen LogP contribution is -2.32. The highest BCUT2D eigenvalue weighted by atomic mass is 79.9. The van der Waals surface area contributed by atoms with Crippen LogP contribution in [-0.2, 0) is 4.79 Å². The van der Waals surface area contributed by atoms with E-state index in [1.807, 2.05) is 42.5 Å². The Bertz CT molecular complexity index is 1020. The minimum Gasteiger partial charge on any atom is -0.444 e. The Morgan fingerprint density at radius 2 is 1.67 bits per heavy atom. The second-order valence-corrected chi connectivity index (χ2v) is 6.31. The van der Waals surface area contributed by atoms with Gasteiger partial charge >= 0.3 is 0 Å². The summed E-state index contributed by atoms with van der Waals surface area (Å²) in [6.45, 7) is -0.170. The van der Waals surface area contributed by atoms with E-state index in [0.29, 0.717) is 10.4 Å². The summed E-state index contributed by atoms with van der Waals surface area (Å²) < 4.78 is 5.58. The van der Waals surface area contributed by atoms with Crippen LogP contribution in [0.1, 0.15) is 21.7 Å². The number of halogens is 1. The van der Waals surface area contributed by atoms with Gasteiger partial charge in [-0.25, -0.2) is 0 Å². The molecule has 1 heterocycles. The molecule has 3 aromatic rings. The fraction of sp³-hybridized carbons (Fsp3) is 0.0476. The van der Waals surface area contributed by atoms with Crippen molar-refractivity contribution in [2.45, 2.75) is 0 Å². The molecule has 1 aromatic heterocycles. The monoisotopic (exact) mass is 422 g/mol. The van der Waals surface area contributed by atoms with Gasteiger partial charge in [-0.2, -0.15) is 0 Å². The zero-order valence-corrected chi connectivity index (χ0v) is 15.7. The van der Waals surface area contributed by atoms with Gasteiger partial charge in [-0.1, -0.05) is 36.1 Å². The molecular weight excluding hydrogens is 408 g/mol. The van der Waals surface area contributed by atoms with E-state index in [4.69, 9.17) is 4.42 Å². The summed E-state index contributed by atoms with van der Waals surface area (Å²) in [4.78, 5) is 23.9. The Hall–Kier alpha value is -3.30. The second kappa shape index (κ2) is 8.88. The Morgan fingerprint density at radius 1 is 0.926 bits per heavy atom. The van der Waals surface area contributed by atoms with Crippen molar-refractivity contribution in [3.63, 3.8) is 0 Å². The highest BCUT2D eigenvalue weighted by molar-refractivity contribution is 9.10. The number of hydrogen-bond donors (Lipinski definition) is 2. The molecule has 0 atom stereocenters. The first-order valence-corrected chi connectivity index (χ1v) is 8.90. The number of rotatable bonds is 4. The molecule has 2 N–H and O–H groups in total. The summed E-state index contributed by atoms with van der Waals surface area (Å²) in [5.41, 5.74) is 2.30. The molecule has 5 nitrogen and oxygen atoms in total. The molecule has 0 aliphatic heterocycles. The number of carbonyl (C=O) groups excluding carboxylic acids is 2. The van der Waals surface area contributed by atoms with Crippen LogP contribution in [0.3, 0.4) is 0 Å². The molecule has 3 rings (SSSR count). The zero-order chi connectivity index (χ0) is 19.1.